The Hall–Kier alpha value is -2.52. The molecule has 1 aromatic heterocycles. The Morgan fingerprint density at radius 1 is 1.13 bits per heavy atom. The minimum atomic E-state index is 0.109. The molecule has 0 unspecified atom stereocenters. The summed E-state index contributed by atoms with van der Waals surface area (Å²) in [6.07, 6.45) is 3.99. The predicted molar refractivity (Wildman–Crippen MR) is 123 cm³/mol. The highest BCUT2D eigenvalue weighted by atomic mass is 35.5. The summed E-state index contributed by atoms with van der Waals surface area (Å²) >= 11 is 6.15. The van der Waals surface area contributed by atoms with Crippen molar-refractivity contribution in [3.05, 3.63) is 94.8 Å². The number of benzene rings is 2. The number of hydrogen-bond acceptors (Lipinski definition) is 1. The maximum atomic E-state index is 13.4. The lowest BCUT2D eigenvalue weighted by Gasteiger charge is -2.29. The molecule has 0 N–H and O–H groups in total. The van der Waals surface area contributed by atoms with Gasteiger partial charge in [0.2, 0.25) is 5.91 Å². The fourth-order valence-corrected chi connectivity index (χ4v) is 4.39. The molecular weight excluding hydrogens is 392 g/mol. The normalized spacial score (nSPS) is 18.8. The van der Waals surface area contributed by atoms with E-state index < -0.39 is 0 Å². The van der Waals surface area contributed by atoms with Crippen LogP contribution >= 0.6 is 11.6 Å². The summed E-state index contributed by atoms with van der Waals surface area (Å²) in [5.41, 5.74) is 3.59. The van der Waals surface area contributed by atoms with Gasteiger partial charge in [0.25, 0.3) is 0 Å². The van der Waals surface area contributed by atoms with Crippen LogP contribution in [0, 0.1) is 5.92 Å². The van der Waals surface area contributed by atoms with Gasteiger partial charge in [0.05, 0.1) is 6.54 Å². The van der Waals surface area contributed by atoms with Gasteiger partial charge in [-0.15, -0.1) is 0 Å². The van der Waals surface area contributed by atoms with E-state index in [1.165, 1.54) is 5.56 Å². The smallest absolute Gasteiger partial charge is 0.226 e. The van der Waals surface area contributed by atoms with Crippen LogP contribution in [-0.2, 0) is 17.9 Å². The van der Waals surface area contributed by atoms with Gasteiger partial charge in [0.15, 0.2) is 0 Å². The molecule has 0 spiro atoms. The van der Waals surface area contributed by atoms with Crippen molar-refractivity contribution in [3.63, 3.8) is 0 Å². The lowest BCUT2D eigenvalue weighted by atomic mass is 10.1. The minimum absolute atomic E-state index is 0.109. The highest BCUT2D eigenvalue weighted by Gasteiger charge is 2.46. The first-order valence-electron chi connectivity index (χ1n) is 10.8. The van der Waals surface area contributed by atoms with Gasteiger partial charge in [-0.2, -0.15) is 0 Å². The van der Waals surface area contributed by atoms with Crippen molar-refractivity contribution in [1.82, 2.24) is 9.47 Å². The highest BCUT2D eigenvalue weighted by Crippen LogP contribution is 2.48. The Balaban J connectivity index is 1.49. The van der Waals surface area contributed by atoms with E-state index in [2.05, 4.69) is 72.0 Å². The number of carbonyl (C=O) groups is 1. The molecule has 1 amide bonds. The average molecular weight is 421 g/mol. The van der Waals surface area contributed by atoms with Crippen LogP contribution in [-0.4, -0.2) is 21.4 Å². The molecule has 3 nitrogen and oxygen atoms in total. The fourth-order valence-electron chi connectivity index (χ4n) is 4.17. The summed E-state index contributed by atoms with van der Waals surface area (Å²) in [5.74, 6) is 0.759. The lowest BCUT2D eigenvalue weighted by Crippen LogP contribution is -2.39. The Morgan fingerprint density at radius 3 is 2.67 bits per heavy atom. The summed E-state index contributed by atoms with van der Waals surface area (Å²) < 4.78 is 2.22. The van der Waals surface area contributed by atoms with Crippen molar-refractivity contribution in [1.29, 1.82) is 0 Å². The van der Waals surface area contributed by atoms with E-state index in [1.807, 2.05) is 24.3 Å². The molecule has 156 valence electrons. The molecule has 0 saturated heterocycles. The first kappa shape index (κ1) is 20.7. The number of carbonyl (C=O) groups excluding carboxylic acids is 1. The van der Waals surface area contributed by atoms with E-state index >= 15 is 0 Å². The van der Waals surface area contributed by atoms with Crippen LogP contribution < -0.4 is 0 Å². The Morgan fingerprint density at radius 2 is 1.93 bits per heavy atom. The zero-order valence-corrected chi connectivity index (χ0v) is 18.4. The van der Waals surface area contributed by atoms with E-state index in [9.17, 15) is 4.79 Å². The van der Waals surface area contributed by atoms with E-state index in [0.717, 1.165) is 35.7 Å². The topological polar surface area (TPSA) is 25.2 Å². The molecule has 0 bridgehead atoms. The molecule has 1 fully saturated rings. The second-order valence-electron chi connectivity index (χ2n) is 8.34. The zero-order valence-electron chi connectivity index (χ0n) is 17.7. The molecule has 1 heterocycles. The maximum Gasteiger partial charge on any atom is 0.226 e. The molecule has 30 heavy (non-hydrogen) atoms. The number of amides is 1. The molecule has 1 saturated carbocycles. The standard InChI is InChI=1S/C26H29ClN2O/c1-3-19(2)29(26(30)25-16-24(25)21-10-5-4-6-11-21)18-23-13-8-14-28(23)17-20-9-7-12-22(27)15-20/h4-15,19,24-25H,3,16-18H2,1-2H3/t19-,24+,25-/m1/s1. The van der Waals surface area contributed by atoms with Crippen LogP contribution in [0.5, 0.6) is 0 Å². The van der Waals surface area contributed by atoms with Gasteiger partial charge in [0.1, 0.15) is 0 Å². The quantitative estimate of drug-likeness (QED) is 0.431. The lowest BCUT2D eigenvalue weighted by molar-refractivity contribution is -0.135. The monoisotopic (exact) mass is 420 g/mol. The molecule has 0 aliphatic heterocycles. The number of nitrogens with zero attached hydrogens (tertiary/aromatic N) is 2. The van der Waals surface area contributed by atoms with E-state index in [4.69, 9.17) is 11.6 Å². The van der Waals surface area contributed by atoms with E-state index in [0.29, 0.717) is 12.5 Å². The molecule has 4 rings (SSSR count). The summed E-state index contributed by atoms with van der Waals surface area (Å²) in [7, 11) is 0. The van der Waals surface area contributed by atoms with Crippen molar-refractivity contribution in [3.8, 4) is 0 Å². The molecule has 3 aromatic rings. The first-order chi connectivity index (χ1) is 14.6. The van der Waals surface area contributed by atoms with Crippen molar-refractivity contribution in [2.75, 3.05) is 0 Å². The van der Waals surface area contributed by atoms with Crippen LogP contribution in [0.15, 0.2) is 72.9 Å². The van der Waals surface area contributed by atoms with Gasteiger partial charge in [-0.25, -0.2) is 0 Å². The molecule has 3 atom stereocenters. The van der Waals surface area contributed by atoms with Gasteiger partial charge in [-0.1, -0.05) is 61.0 Å². The Labute approximate surface area is 184 Å². The number of hydrogen-bond donors (Lipinski definition) is 0. The molecule has 1 aliphatic rings. The van der Waals surface area contributed by atoms with Crippen molar-refractivity contribution >= 4 is 17.5 Å². The molecule has 4 heteroatoms. The third-order valence-corrected chi connectivity index (χ3v) is 6.47. The minimum Gasteiger partial charge on any atom is -0.345 e. The van der Waals surface area contributed by atoms with Crippen LogP contribution in [0.1, 0.15) is 49.4 Å². The summed E-state index contributed by atoms with van der Waals surface area (Å²) in [6.45, 7) is 5.69. The van der Waals surface area contributed by atoms with Gasteiger partial charge >= 0.3 is 0 Å². The van der Waals surface area contributed by atoms with Gasteiger partial charge in [-0.05, 0) is 61.1 Å². The highest BCUT2D eigenvalue weighted by molar-refractivity contribution is 6.30. The maximum absolute atomic E-state index is 13.4. The summed E-state index contributed by atoms with van der Waals surface area (Å²) in [4.78, 5) is 15.5. The largest absolute Gasteiger partial charge is 0.345 e. The molecule has 0 radical (unpaired) electrons. The second kappa shape index (κ2) is 9.09. The van der Waals surface area contributed by atoms with Crippen molar-refractivity contribution < 1.29 is 4.79 Å². The van der Waals surface area contributed by atoms with Gasteiger partial charge in [0, 0.05) is 35.4 Å². The molecule has 2 aromatic carbocycles. The SMILES string of the molecule is CC[C@@H](C)N(Cc1cccn1Cc1cccc(Cl)c1)C(=O)[C@@H]1C[C@H]1c1ccccc1. The number of halogens is 1. The predicted octanol–water partition coefficient (Wildman–Crippen LogP) is 6.12. The first-order valence-corrected chi connectivity index (χ1v) is 11.2. The number of aromatic nitrogens is 1. The second-order valence-corrected chi connectivity index (χ2v) is 8.78. The zero-order chi connectivity index (χ0) is 21.1. The van der Waals surface area contributed by atoms with Crippen LogP contribution in [0.25, 0.3) is 0 Å². The van der Waals surface area contributed by atoms with Crippen molar-refractivity contribution in [2.24, 2.45) is 5.92 Å². The van der Waals surface area contributed by atoms with E-state index in [-0.39, 0.29) is 17.9 Å². The van der Waals surface area contributed by atoms with Crippen molar-refractivity contribution in [2.45, 2.75) is 51.7 Å². The van der Waals surface area contributed by atoms with Crippen LogP contribution in [0.3, 0.4) is 0 Å². The molecular formula is C26H29ClN2O. The Kier molecular flexibility index (Phi) is 6.29. The van der Waals surface area contributed by atoms with E-state index in [1.54, 1.807) is 0 Å². The van der Waals surface area contributed by atoms with Crippen LogP contribution in [0.2, 0.25) is 5.02 Å². The van der Waals surface area contributed by atoms with Gasteiger partial charge < -0.3 is 9.47 Å². The average Bonchev–Trinajstić information content (AvgIpc) is 3.45. The summed E-state index contributed by atoms with van der Waals surface area (Å²) in [6, 6.07) is 22.8. The van der Waals surface area contributed by atoms with Gasteiger partial charge in [-0.3, -0.25) is 4.79 Å². The third kappa shape index (κ3) is 4.62. The number of rotatable bonds is 8. The fraction of sp³-hybridized carbons (Fsp3) is 0.346. The van der Waals surface area contributed by atoms with Crippen LogP contribution in [0.4, 0.5) is 0 Å². The summed E-state index contributed by atoms with van der Waals surface area (Å²) in [5, 5.41) is 0.748. The third-order valence-electron chi connectivity index (χ3n) is 6.24. The Bertz CT molecular complexity index is 997. The molecule has 1 aliphatic carbocycles.